The minimum Gasteiger partial charge on any atom is -0.465 e. The first kappa shape index (κ1) is 15.3. The summed E-state index contributed by atoms with van der Waals surface area (Å²) >= 11 is 0. The summed E-state index contributed by atoms with van der Waals surface area (Å²) in [5.74, 6) is -4.66. The maximum atomic E-state index is 13.7. The van der Waals surface area contributed by atoms with E-state index in [1.54, 1.807) is 6.92 Å². The van der Waals surface area contributed by atoms with Crippen LogP contribution in [0.2, 0.25) is 0 Å². The standard InChI is InChI=1S/C15H15F2NO3/c1-2-21-15(20)12(8-18-10-4-5-10)14(19)11-6-3-9(16)7-13(11)17/h3,6-8,10,12H,2,4-5H2,1H3. The van der Waals surface area contributed by atoms with Crippen LogP contribution in [0.4, 0.5) is 8.78 Å². The fourth-order valence-electron chi connectivity index (χ4n) is 1.76. The van der Waals surface area contributed by atoms with Crippen molar-refractivity contribution in [3.63, 3.8) is 0 Å². The van der Waals surface area contributed by atoms with Crippen molar-refractivity contribution in [3.05, 3.63) is 35.4 Å². The van der Waals surface area contributed by atoms with Crippen LogP contribution in [0.25, 0.3) is 0 Å². The lowest BCUT2D eigenvalue weighted by Gasteiger charge is -2.11. The Labute approximate surface area is 120 Å². The number of halogens is 2. The number of ether oxygens (including phenoxy) is 1. The van der Waals surface area contributed by atoms with Gasteiger partial charge in [0.05, 0.1) is 12.2 Å². The third-order valence-electron chi connectivity index (χ3n) is 3.01. The van der Waals surface area contributed by atoms with Gasteiger partial charge in [-0.3, -0.25) is 14.6 Å². The maximum Gasteiger partial charge on any atom is 0.322 e. The lowest BCUT2D eigenvalue weighted by atomic mass is 9.98. The van der Waals surface area contributed by atoms with Crippen LogP contribution in [0.1, 0.15) is 30.1 Å². The Balaban J connectivity index is 2.25. The van der Waals surface area contributed by atoms with Gasteiger partial charge in [-0.05, 0) is 31.9 Å². The molecule has 0 aliphatic heterocycles. The van der Waals surface area contributed by atoms with Gasteiger partial charge in [0.15, 0.2) is 11.7 Å². The van der Waals surface area contributed by atoms with Crippen LogP contribution < -0.4 is 0 Å². The second-order valence-corrected chi connectivity index (χ2v) is 4.75. The number of ketones is 1. The molecule has 4 nitrogen and oxygen atoms in total. The minimum atomic E-state index is -1.30. The number of rotatable bonds is 6. The van der Waals surface area contributed by atoms with E-state index in [1.807, 2.05) is 0 Å². The van der Waals surface area contributed by atoms with Gasteiger partial charge in [0.1, 0.15) is 11.6 Å². The van der Waals surface area contributed by atoms with Gasteiger partial charge >= 0.3 is 5.97 Å². The minimum absolute atomic E-state index is 0.103. The molecule has 1 aliphatic carbocycles. The van der Waals surface area contributed by atoms with Crippen molar-refractivity contribution in [2.75, 3.05) is 6.61 Å². The Morgan fingerprint density at radius 1 is 1.43 bits per heavy atom. The molecule has 112 valence electrons. The van der Waals surface area contributed by atoms with Gasteiger partial charge in [-0.1, -0.05) is 0 Å². The van der Waals surface area contributed by atoms with Crippen LogP contribution in [-0.2, 0) is 9.53 Å². The molecule has 0 bridgehead atoms. The van der Waals surface area contributed by atoms with Gasteiger partial charge in [0, 0.05) is 18.3 Å². The summed E-state index contributed by atoms with van der Waals surface area (Å²) in [5, 5.41) is 0. The topological polar surface area (TPSA) is 55.7 Å². The second-order valence-electron chi connectivity index (χ2n) is 4.75. The molecule has 0 amide bonds. The molecule has 0 aromatic heterocycles. The molecule has 1 aliphatic rings. The van der Waals surface area contributed by atoms with Crippen LogP contribution >= 0.6 is 0 Å². The summed E-state index contributed by atoms with van der Waals surface area (Å²) in [6.07, 6.45) is 3.02. The summed E-state index contributed by atoms with van der Waals surface area (Å²) in [7, 11) is 0. The SMILES string of the molecule is CCOC(=O)C(C=NC1CC1)C(=O)c1ccc(F)cc1F. The van der Waals surface area contributed by atoms with E-state index in [0.717, 1.165) is 25.0 Å². The fourth-order valence-corrected chi connectivity index (χ4v) is 1.76. The number of hydrogen-bond donors (Lipinski definition) is 0. The molecule has 0 radical (unpaired) electrons. The second kappa shape index (κ2) is 6.56. The number of Topliss-reactive ketones (excluding diaryl/α,β-unsaturated/α-hetero) is 1. The van der Waals surface area contributed by atoms with E-state index < -0.39 is 29.3 Å². The summed E-state index contributed by atoms with van der Waals surface area (Å²) in [6.45, 7) is 1.71. The summed E-state index contributed by atoms with van der Waals surface area (Å²) in [6, 6.07) is 2.71. The Morgan fingerprint density at radius 2 is 2.14 bits per heavy atom. The number of nitrogens with zero attached hydrogens (tertiary/aromatic N) is 1. The van der Waals surface area contributed by atoms with Crippen LogP contribution in [0.15, 0.2) is 23.2 Å². The highest BCUT2D eigenvalue weighted by molar-refractivity contribution is 6.18. The number of esters is 1. The van der Waals surface area contributed by atoms with Crippen LogP contribution in [-0.4, -0.2) is 30.6 Å². The largest absolute Gasteiger partial charge is 0.465 e. The van der Waals surface area contributed by atoms with E-state index in [9.17, 15) is 18.4 Å². The molecule has 2 rings (SSSR count). The van der Waals surface area contributed by atoms with E-state index in [-0.39, 0.29) is 18.2 Å². The van der Waals surface area contributed by atoms with E-state index in [0.29, 0.717) is 6.07 Å². The van der Waals surface area contributed by atoms with E-state index in [4.69, 9.17) is 4.74 Å². The zero-order valence-electron chi connectivity index (χ0n) is 11.5. The number of hydrogen-bond acceptors (Lipinski definition) is 4. The monoisotopic (exact) mass is 295 g/mol. The van der Waals surface area contributed by atoms with E-state index in [1.165, 1.54) is 6.21 Å². The molecule has 1 fully saturated rings. The van der Waals surface area contributed by atoms with Gasteiger partial charge in [0.25, 0.3) is 0 Å². The highest BCUT2D eigenvalue weighted by Gasteiger charge is 2.30. The van der Waals surface area contributed by atoms with Gasteiger partial charge in [-0.25, -0.2) is 8.78 Å². The van der Waals surface area contributed by atoms with Gasteiger partial charge in [-0.2, -0.15) is 0 Å². The maximum absolute atomic E-state index is 13.7. The van der Waals surface area contributed by atoms with Crippen molar-refractivity contribution < 1.29 is 23.1 Å². The Morgan fingerprint density at radius 3 is 2.71 bits per heavy atom. The molecule has 0 spiro atoms. The average molecular weight is 295 g/mol. The molecular weight excluding hydrogens is 280 g/mol. The Bertz CT molecular complexity index is 582. The Kier molecular flexibility index (Phi) is 4.77. The van der Waals surface area contributed by atoms with Gasteiger partial charge < -0.3 is 4.74 Å². The number of aliphatic imine (C=N–C) groups is 1. The molecular formula is C15H15F2NO3. The van der Waals surface area contributed by atoms with Crippen LogP contribution in [0.3, 0.4) is 0 Å². The highest BCUT2D eigenvalue weighted by Crippen LogP contribution is 2.24. The number of carbonyl (C=O) groups excluding carboxylic acids is 2. The third-order valence-corrected chi connectivity index (χ3v) is 3.01. The molecule has 0 N–H and O–H groups in total. The molecule has 21 heavy (non-hydrogen) atoms. The van der Waals surface area contributed by atoms with Gasteiger partial charge in [0.2, 0.25) is 0 Å². The van der Waals surface area contributed by atoms with Crippen molar-refractivity contribution in [2.24, 2.45) is 10.9 Å². The summed E-state index contributed by atoms with van der Waals surface area (Å²) in [4.78, 5) is 28.2. The van der Waals surface area contributed by atoms with Crippen molar-refractivity contribution in [1.82, 2.24) is 0 Å². The van der Waals surface area contributed by atoms with E-state index >= 15 is 0 Å². The summed E-state index contributed by atoms with van der Waals surface area (Å²) in [5.41, 5.74) is -0.350. The van der Waals surface area contributed by atoms with Crippen LogP contribution in [0, 0.1) is 17.6 Å². The summed E-state index contributed by atoms with van der Waals surface area (Å²) < 4.78 is 31.4. The first-order valence-electron chi connectivity index (χ1n) is 6.72. The smallest absolute Gasteiger partial charge is 0.322 e. The first-order valence-corrected chi connectivity index (χ1v) is 6.72. The third kappa shape index (κ3) is 3.93. The Hall–Kier alpha value is -2.11. The lowest BCUT2D eigenvalue weighted by molar-refractivity contribution is -0.143. The van der Waals surface area contributed by atoms with Crippen molar-refractivity contribution >= 4 is 18.0 Å². The molecule has 1 aromatic carbocycles. The van der Waals surface area contributed by atoms with Crippen molar-refractivity contribution in [1.29, 1.82) is 0 Å². The normalized spacial score (nSPS) is 16.0. The molecule has 1 unspecified atom stereocenters. The van der Waals surface area contributed by atoms with E-state index in [2.05, 4.69) is 4.99 Å². The van der Waals surface area contributed by atoms with Crippen LogP contribution in [0.5, 0.6) is 0 Å². The molecule has 1 saturated carbocycles. The molecule has 0 saturated heterocycles. The zero-order chi connectivity index (χ0) is 15.4. The molecule has 6 heteroatoms. The van der Waals surface area contributed by atoms with Crippen molar-refractivity contribution in [3.8, 4) is 0 Å². The predicted octanol–water partition coefficient (Wildman–Crippen LogP) is 2.56. The molecule has 1 aromatic rings. The number of benzene rings is 1. The highest BCUT2D eigenvalue weighted by atomic mass is 19.1. The molecule has 0 heterocycles. The predicted molar refractivity (Wildman–Crippen MR) is 72.3 cm³/mol. The lowest BCUT2D eigenvalue weighted by Crippen LogP contribution is -2.28. The first-order chi connectivity index (χ1) is 10.0. The fraction of sp³-hybridized carbons (Fsp3) is 0.400. The average Bonchev–Trinajstić information content (AvgIpc) is 3.23. The van der Waals surface area contributed by atoms with Gasteiger partial charge in [-0.15, -0.1) is 0 Å². The number of carbonyl (C=O) groups is 2. The quantitative estimate of drug-likeness (QED) is 0.351. The van der Waals surface area contributed by atoms with Crippen molar-refractivity contribution in [2.45, 2.75) is 25.8 Å². The zero-order valence-corrected chi connectivity index (χ0v) is 11.5. The molecule has 1 atom stereocenters.